The van der Waals surface area contributed by atoms with Crippen LogP contribution in [-0.4, -0.2) is 37.7 Å². The predicted octanol–water partition coefficient (Wildman–Crippen LogP) is 1.59. The fourth-order valence-corrected chi connectivity index (χ4v) is 1.82. The van der Waals surface area contributed by atoms with Gasteiger partial charge in [0.15, 0.2) is 17.2 Å². The monoisotopic (exact) mass is 269 g/mol. The van der Waals surface area contributed by atoms with E-state index in [2.05, 4.69) is 15.1 Å². The third-order valence-electron chi connectivity index (χ3n) is 2.86. The maximum absolute atomic E-state index is 10.9. The van der Waals surface area contributed by atoms with Crippen molar-refractivity contribution in [2.24, 2.45) is 0 Å². The third kappa shape index (κ3) is 2.05. The predicted molar refractivity (Wildman–Crippen MR) is 72.2 cm³/mol. The molecule has 0 radical (unpaired) electrons. The normalized spacial score (nSPS) is 10.7. The van der Waals surface area contributed by atoms with Crippen LogP contribution in [0.15, 0.2) is 42.7 Å². The maximum atomic E-state index is 10.9. The molecule has 0 bridgehead atoms. The first-order valence-electron chi connectivity index (χ1n) is 5.89. The first-order chi connectivity index (χ1) is 9.65. The molecule has 0 saturated heterocycles. The topological polar surface area (TPSA) is 83.6 Å². The molecule has 3 aromatic heterocycles. The molecule has 3 heterocycles. The zero-order chi connectivity index (χ0) is 14.1. The number of carboxylic acid groups (broad SMARTS) is 1. The van der Waals surface area contributed by atoms with Crippen LogP contribution in [0.1, 0.15) is 10.5 Å². The number of imidazole rings is 1. The molecule has 1 N–H and O–H groups in total. The van der Waals surface area contributed by atoms with E-state index in [9.17, 15) is 4.79 Å². The first-order valence-corrected chi connectivity index (χ1v) is 5.89. The fourth-order valence-electron chi connectivity index (χ4n) is 1.82. The van der Waals surface area contributed by atoms with Crippen molar-refractivity contribution in [2.45, 2.75) is 0 Å². The molecule has 3 rings (SSSR count). The second-order valence-electron chi connectivity index (χ2n) is 4.17. The summed E-state index contributed by atoms with van der Waals surface area (Å²) in [6, 6.07) is 9.07. The van der Waals surface area contributed by atoms with Crippen molar-refractivity contribution in [3.63, 3.8) is 0 Å². The van der Waals surface area contributed by atoms with Crippen LogP contribution in [0.4, 0.5) is 11.6 Å². The van der Waals surface area contributed by atoms with Gasteiger partial charge >= 0.3 is 5.97 Å². The summed E-state index contributed by atoms with van der Waals surface area (Å²) in [7, 11) is 1.84. The second kappa shape index (κ2) is 4.61. The van der Waals surface area contributed by atoms with Crippen molar-refractivity contribution >= 4 is 23.3 Å². The smallest absolute Gasteiger partial charge is 0.356 e. The highest BCUT2D eigenvalue weighted by atomic mass is 16.4. The Labute approximate surface area is 114 Å². The third-order valence-corrected chi connectivity index (χ3v) is 2.86. The number of aromatic carboxylic acids is 1. The SMILES string of the molecule is CN(c1ccccn1)c1ccc2nc(C(=O)O)cn2n1. The molecule has 0 atom stereocenters. The van der Waals surface area contributed by atoms with Crippen LogP contribution >= 0.6 is 0 Å². The van der Waals surface area contributed by atoms with E-state index in [1.807, 2.05) is 25.2 Å². The van der Waals surface area contributed by atoms with Crippen molar-refractivity contribution in [2.75, 3.05) is 11.9 Å². The quantitative estimate of drug-likeness (QED) is 0.777. The molecule has 0 spiro atoms. The van der Waals surface area contributed by atoms with Crippen molar-refractivity contribution in [1.29, 1.82) is 0 Å². The van der Waals surface area contributed by atoms with Gasteiger partial charge in [0.25, 0.3) is 0 Å². The molecule has 3 aromatic rings. The van der Waals surface area contributed by atoms with E-state index < -0.39 is 5.97 Å². The van der Waals surface area contributed by atoms with E-state index in [1.54, 1.807) is 23.2 Å². The van der Waals surface area contributed by atoms with E-state index >= 15 is 0 Å². The standard InChI is InChI=1S/C13H11N5O2/c1-17(10-4-2-3-7-14-10)12-6-5-11-15-9(13(19)20)8-18(11)16-12/h2-8H,1H3,(H,19,20). The number of hydrogen-bond donors (Lipinski definition) is 1. The average Bonchev–Trinajstić information content (AvgIpc) is 2.90. The number of carbonyl (C=O) groups is 1. The lowest BCUT2D eigenvalue weighted by atomic mass is 10.4. The zero-order valence-corrected chi connectivity index (χ0v) is 10.6. The van der Waals surface area contributed by atoms with E-state index in [4.69, 9.17) is 5.11 Å². The van der Waals surface area contributed by atoms with Gasteiger partial charge in [-0.1, -0.05) is 6.07 Å². The fraction of sp³-hybridized carbons (Fsp3) is 0.0769. The minimum Gasteiger partial charge on any atom is -0.476 e. The Morgan fingerprint density at radius 2 is 2.10 bits per heavy atom. The molecular weight excluding hydrogens is 258 g/mol. The minimum atomic E-state index is -1.07. The molecule has 100 valence electrons. The van der Waals surface area contributed by atoms with E-state index in [1.165, 1.54) is 10.7 Å². The molecule has 0 unspecified atom stereocenters. The first kappa shape index (κ1) is 12.1. The van der Waals surface area contributed by atoms with Crippen LogP contribution in [0.2, 0.25) is 0 Å². The molecular formula is C13H11N5O2. The van der Waals surface area contributed by atoms with Crippen LogP contribution in [0.25, 0.3) is 5.65 Å². The highest BCUT2D eigenvalue weighted by molar-refractivity contribution is 5.86. The van der Waals surface area contributed by atoms with Gasteiger partial charge in [0.2, 0.25) is 0 Å². The molecule has 20 heavy (non-hydrogen) atoms. The summed E-state index contributed by atoms with van der Waals surface area (Å²) in [4.78, 5) is 20.9. The number of hydrogen-bond acceptors (Lipinski definition) is 5. The van der Waals surface area contributed by atoms with Gasteiger partial charge in [-0.25, -0.2) is 19.3 Å². The van der Waals surface area contributed by atoms with Crippen molar-refractivity contribution in [3.05, 3.63) is 48.4 Å². The van der Waals surface area contributed by atoms with Gasteiger partial charge in [-0.2, -0.15) is 0 Å². The summed E-state index contributed by atoms with van der Waals surface area (Å²) >= 11 is 0. The molecule has 0 aromatic carbocycles. The van der Waals surface area contributed by atoms with Gasteiger partial charge < -0.3 is 10.0 Å². The van der Waals surface area contributed by atoms with Crippen LogP contribution in [-0.2, 0) is 0 Å². The molecule has 0 saturated carbocycles. The summed E-state index contributed by atoms with van der Waals surface area (Å²) in [5, 5.41) is 13.2. The minimum absolute atomic E-state index is 0.0323. The van der Waals surface area contributed by atoms with E-state index in [0.29, 0.717) is 11.5 Å². The van der Waals surface area contributed by atoms with Crippen LogP contribution in [0.3, 0.4) is 0 Å². The summed E-state index contributed by atoms with van der Waals surface area (Å²) in [6.07, 6.45) is 3.08. The Hall–Kier alpha value is -2.96. The highest BCUT2D eigenvalue weighted by Crippen LogP contribution is 2.19. The number of aromatic nitrogens is 4. The number of pyridine rings is 1. The average molecular weight is 269 g/mol. The summed E-state index contributed by atoms with van der Waals surface area (Å²) in [5.41, 5.74) is 0.454. The molecule has 7 heteroatoms. The molecule has 0 amide bonds. The molecule has 0 aliphatic rings. The highest BCUT2D eigenvalue weighted by Gasteiger charge is 2.11. The maximum Gasteiger partial charge on any atom is 0.356 e. The number of rotatable bonds is 3. The number of anilines is 2. The molecule has 0 fully saturated rings. The summed E-state index contributed by atoms with van der Waals surface area (Å²) < 4.78 is 1.44. The Morgan fingerprint density at radius 1 is 1.25 bits per heavy atom. The Balaban J connectivity index is 2.02. The number of carboxylic acids is 1. The Morgan fingerprint density at radius 3 is 2.80 bits per heavy atom. The number of nitrogens with zero attached hydrogens (tertiary/aromatic N) is 5. The molecule has 7 nitrogen and oxygen atoms in total. The van der Waals surface area contributed by atoms with Gasteiger partial charge in [-0.15, -0.1) is 5.10 Å². The van der Waals surface area contributed by atoms with Gasteiger partial charge in [0.1, 0.15) is 5.82 Å². The van der Waals surface area contributed by atoms with Crippen LogP contribution in [0.5, 0.6) is 0 Å². The zero-order valence-electron chi connectivity index (χ0n) is 10.6. The number of fused-ring (bicyclic) bond motifs is 1. The lowest BCUT2D eigenvalue weighted by molar-refractivity contribution is 0.0691. The molecule has 0 aliphatic heterocycles. The van der Waals surface area contributed by atoms with Gasteiger partial charge in [-0.3, -0.25) is 0 Å². The Kier molecular flexibility index (Phi) is 2.79. The van der Waals surface area contributed by atoms with E-state index in [0.717, 1.165) is 5.82 Å². The second-order valence-corrected chi connectivity index (χ2v) is 4.17. The summed E-state index contributed by atoms with van der Waals surface area (Å²) in [6.45, 7) is 0. The van der Waals surface area contributed by atoms with Crippen LogP contribution < -0.4 is 4.90 Å². The van der Waals surface area contributed by atoms with Crippen molar-refractivity contribution in [3.8, 4) is 0 Å². The van der Waals surface area contributed by atoms with E-state index in [-0.39, 0.29) is 5.69 Å². The van der Waals surface area contributed by atoms with Crippen molar-refractivity contribution < 1.29 is 9.90 Å². The van der Waals surface area contributed by atoms with Gasteiger partial charge in [0, 0.05) is 13.2 Å². The summed E-state index contributed by atoms with van der Waals surface area (Å²) in [5.74, 6) is 0.318. The Bertz CT molecular complexity index is 769. The largest absolute Gasteiger partial charge is 0.476 e. The van der Waals surface area contributed by atoms with Crippen LogP contribution in [0, 0.1) is 0 Å². The lowest BCUT2D eigenvalue weighted by Crippen LogP contribution is -2.13. The van der Waals surface area contributed by atoms with Crippen molar-refractivity contribution in [1.82, 2.24) is 19.6 Å². The van der Waals surface area contributed by atoms with Gasteiger partial charge in [0.05, 0.1) is 6.20 Å². The van der Waals surface area contributed by atoms with Gasteiger partial charge in [-0.05, 0) is 24.3 Å². The molecule has 0 aliphatic carbocycles. The lowest BCUT2D eigenvalue weighted by Gasteiger charge is -2.16.